The molecule has 0 aromatic carbocycles. The minimum atomic E-state index is -0.0697. The van der Waals surface area contributed by atoms with E-state index in [2.05, 4.69) is 33.5 Å². The van der Waals surface area contributed by atoms with Gasteiger partial charge in [0.1, 0.15) is 0 Å². The summed E-state index contributed by atoms with van der Waals surface area (Å²) in [6, 6.07) is 0. The molecule has 1 aromatic rings. The number of allylic oxidation sites excluding steroid dienone is 1. The second-order valence-corrected chi connectivity index (χ2v) is 7.01. The summed E-state index contributed by atoms with van der Waals surface area (Å²) in [5.41, 5.74) is 3.90. The van der Waals surface area contributed by atoms with E-state index in [4.69, 9.17) is 0 Å². The Kier molecular flexibility index (Phi) is 3.57. The fourth-order valence-electron chi connectivity index (χ4n) is 4.40. The van der Waals surface area contributed by atoms with Crippen molar-refractivity contribution in [3.05, 3.63) is 29.1 Å². The van der Waals surface area contributed by atoms with E-state index in [0.29, 0.717) is 5.91 Å². The molecule has 1 spiro atoms. The maximum Gasteiger partial charge on any atom is 0.229 e. The molecule has 0 saturated carbocycles. The second kappa shape index (κ2) is 5.58. The number of hydrogen-bond acceptors (Lipinski definition) is 2. The van der Waals surface area contributed by atoms with Gasteiger partial charge in [0, 0.05) is 25.0 Å². The molecule has 0 unspecified atom stereocenters. The van der Waals surface area contributed by atoms with Gasteiger partial charge in [0.15, 0.2) is 0 Å². The third-order valence-electron chi connectivity index (χ3n) is 5.71. The lowest BCUT2D eigenvalue weighted by atomic mass is 9.72. The number of nitrogens with one attached hydrogen (secondary N) is 2. The predicted octanol–water partition coefficient (Wildman–Crippen LogP) is 2.47. The van der Waals surface area contributed by atoms with Crippen molar-refractivity contribution in [1.82, 2.24) is 15.2 Å². The summed E-state index contributed by atoms with van der Waals surface area (Å²) in [5, 5.41) is 3.39. The second-order valence-electron chi connectivity index (χ2n) is 7.01. The van der Waals surface area contributed by atoms with Gasteiger partial charge in [-0.25, -0.2) is 0 Å². The van der Waals surface area contributed by atoms with E-state index in [9.17, 15) is 4.79 Å². The lowest BCUT2D eigenvalue weighted by molar-refractivity contribution is -0.149. The molecule has 2 N–H and O–H groups in total. The zero-order valence-electron chi connectivity index (χ0n) is 13.2. The van der Waals surface area contributed by atoms with E-state index in [1.54, 1.807) is 0 Å². The van der Waals surface area contributed by atoms with Crippen LogP contribution in [0.4, 0.5) is 0 Å². The molecule has 2 fully saturated rings. The number of nitrogens with zero attached hydrogens (tertiary/aromatic N) is 1. The molecule has 4 rings (SSSR count). The summed E-state index contributed by atoms with van der Waals surface area (Å²) in [7, 11) is 0. The number of aromatic amines is 1. The Bertz CT molecular complexity index is 590. The van der Waals surface area contributed by atoms with Gasteiger partial charge in [0.05, 0.1) is 5.41 Å². The fraction of sp³-hybridized carbons (Fsp3) is 0.611. The van der Waals surface area contributed by atoms with Crippen molar-refractivity contribution in [1.29, 1.82) is 0 Å². The number of hydrogen-bond donors (Lipinski definition) is 2. The van der Waals surface area contributed by atoms with E-state index >= 15 is 0 Å². The Morgan fingerprint density at radius 1 is 1.23 bits per heavy atom. The Morgan fingerprint density at radius 2 is 2.09 bits per heavy atom. The van der Waals surface area contributed by atoms with E-state index < -0.39 is 0 Å². The molecular weight excluding hydrogens is 274 g/mol. The van der Waals surface area contributed by atoms with Gasteiger partial charge in [0.25, 0.3) is 0 Å². The highest BCUT2D eigenvalue weighted by molar-refractivity contribution is 5.83. The number of fused-ring (bicyclic) bond motifs is 1. The van der Waals surface area contributed by atoms with Crippen LogP contribution < -0.4 is 5.32 Å². The van der Waals surface area contributed by atoms with Crippen LogP contribution in [0, 0.1) is 5.41 Å². The normalized spacial score (nSPS) is 23.8. The van der Waals surface area contributed by atoms with Crippen molar-refractivity contribution in [2.24, 2.45) is 5.41 Å². The highest BCUT2D eigenvalue weighted by Crippen LogP contribution is 2.40. The van der Waals surface area contributed by atoms with Crippen LogP contribution in [0.15, 0.2) is 12.3 Å². The fourth-order valence-corrected chi connectivity index (χ4v) is 4.40. The SMILES string of the molecule is O=C1N(Cc2c[nH]c3c2CCC=C3)CCCC12CCNCC2. The summed E-state index contributed by atoms with van der Waals surface area (Å²) in [4.78, 5) is 18.6. The topological polar surface area (TPSA) is 48.1 Å². The monoisotopic (exact) mass is 299 g/mol. The van der Waals surface area contributed by atoms with E-state index in [1.807, 2.05) is 0 Å². The summed E-state index contributed by atoms with van der Waals surface area (Å²) >= 11 is 0. The van der Waals surface area contributed by atoms with Crippen LogP contribution in [-0.4, -0.2) is 35.4 Å². The first-order valence-corrected chi connectivity index (χ1v) is 8.64. The standard InChI is InChI=1S/C18H25N3O/c22-17-18(7-9-19-10-8-18)6-3-11-21(17)13-14-12-20-16-5-2-1-4-15(14)16/h2,5,12,19-20H,1,3-4,6-11,13H2. The maximum absolute atomic E-state index is 13.1. The molecule has 1 aliphatic carbocycles. The summed E-state index contributed by atoms with van der Waals surface area (Å²) in [6.45, 7) is 3.69. The maximum atomic E-state index is 13.1. The van der Waals surface area contributed by atoms with Crippen LogP contribution in [0.3, 0.4) is 0 Å². The molecule has 0 radical (unpaired) electrons. The average Bonchev–Trinajstić information content (AvgIpc) is 2.96. The van der Waals surface area contributed by atoms with Crippen molar-refractivity contribution in [3.63, 3.8) is 0 Å². The summed E-state index contributed by atoms with van der Waals surface area (Å²) < 4.78 is 0. The van der Waals surface area contributed by atoms with Gasteiger partial charge in [-0.3, -0.25) is 4.79 Å². The number of rotatable bonds is 2. The zero-order valence-corrected chi connectivity index (χ0v) is 13.2. The Morgan fingerprint density at radius 3 is 2.95 bits per heavy atom. The van der Waals surface area contributed by atoms with Gasteiger partial charge in [-0.05, 0) is 68.8 Å². The number of piperidine rings is 2. The molecule has 118 valence electrons. The summed E-state index contributed by atoms with van der Waals surface area (Å²) in [5.74, 6) is 0.404. The lowest BCUT2D eigenvalue weighted by Gasteiger charge is -2.44. The zero-order chi connectivity index (χ0) is 15.0. The van der Waals surface area contributed by atoms with Crippen molar-refractivity contribution >= 4 is 12.0 Å². The van der Waals surface area contributed by atoms with Gasteiger partial charge in [0.2, 0.25) is 5.91 Å². The number of H-pyrrole nitrogens is 1. The largest absolute Gasteiger partial charge is 0.361 e. The number of likely N-dealkylation sites (tertiary alicyclic amines) is 1. The van der Waals surface area contributed by atoms with Crippen LogP contribution in [0.1, 0.15) is 48.9 Å². The number of carbonyl (C=O) groups excluding carboxylic acids is 1. The number of carbonyl (C=O) groups is 1. The summed E-state index contributed by atoms with van der Waals surface area (Å²) in [6.07, 6.45) is 13.0. The first-order chi connectivity index (χ1) is 10.8. The molecule has 3 heterocycles. The van der Waals surface area contributed by atoms with Crippen LogP contribution in [0.5, 0.6) is 0 Å². The van der Waals surface area contributed by atoms with Crippen LogP contribution in [-0.2, 0) is 17.8 Å². The van der Waals surface area contributed by atoms with Gasteiger partial charge < -0.3 is 15.2 Å². The predicted molar refractivity (Wildman–Crippen MR) is 87.3 cm³/mol. The molecule has 3 aliphatic rings. The molecule has 0 bridgehead atoms. The molecule has 1 aromatic heterocycles. The quantitative estimate of drug-likeness (QED) is 0.881. The number of aromatic nitrogens is 1. The van der Waals surface area contributed by atoms with Gasteiger partial charge in [-0.15, -0.1) is 0 Å². The van der Waals surface area contributed by atoms with Crippen LogP contribution in [0.25, 0.3) is 6.08 Å². The molecule has 4 nitrogen and oxygen atoms in total. The lowest BCUT2D eigenvalue weighted by Crippen LogP contribution is -2.52. The molecule has 22 heavy (non-hydrogen) atoms. The van der Waals surface area contributed by atoms with Crippen molar-refractivity contribution in [2.75, 3.05) is 19.6 Å². The Hall–Kier alpha value is -1.55. The third kappa shape index (κ3) is 2.30. The number of amides is 1. The van der Waals surface area contributed by atoms with Crippen molar-refractivity contribution in [2.45, 2.75) is 45.1 Å². The Labute approximate surface area is 132 Å². The van der Waals surface area contributed by atoms with E-state index in [1.165, 1.54) is 16.8 Å². The van der Waals surface area contributed by atoms with Crippen LogP contribution >= 0.6 is 0 Å². The molecule has 2 saturated heterocycles. The Balaban J connectivity index is 1.54. The van der Waals surface area contributed by atoms with Crippen LogP contribution in [0.2, 0.25) is 0 Å². The van der Waals surface area contributed by atoms with Gasteiger partial charge in [-0.1, -0.05) is 6.08 Å². The third-order valence-corrected chi connectivity index (χ3v) is 5.71. The highest BCUT2D eigenvalue weighted by atomic mass is 16.2. The molecule has 4 heteroatoms. The van der Waals surface area contributed by atoms with Crippen molar-refractivity contribution < 1.29 is 4.79 Å². The minimum absolute atomic E-state index is 0.0697. The smallest absolute Gasteiger partial charge is 0.229 e. The van der Waals surface area contributed by atoms with Gasteiger partial charge in [-0.2, -0.15) is 0 Å². The van der Waals surface area contributed by atoms with E-state index in [0.717, 1.165) is 64.7 Å². The molecular formula is C18H25N3O. The molecule has 2 aliphatic heterocycles. The molecule has 1 amide bonds. The highest BCUT2D eigenvalue weighted by Gasteiger charge is 2.44. The first-order valence-electron chi connectivity index (χ1n) is 8.64. The first kappa shape index (κ1) is 14.1. The minimum Gasteiger partial charge on any atom is -0.361 e. The molecule has 0 atom stereocenters. The van der Waals surface area contributed by atoms with Crippen molar-refractivity contribution in [3.8, 4) is 0 Å². The average molecular weight is 299 g/mol. The van der Waals surface area contributed by atoms with E-state index in [-0.39, 0.29) is 5.41 Å². The van der Waals surface area contributed by atoms with Gasteiger partial charge >= 0.3 is 0 Å².